The molecule has 90 valence electrons. The summed E-state index contributed by atoms with van der Waals surface area (Å²) in [6.45, 7) is 0. The SMILES string of the molecule is N#Cc1cn[nH]c1NC(=O)c1ccc(O)cc1F. The number of carbonyl (C=O) groups excluding carboxylic acids is 1. The van der Waals surface area contributed by atoms with E-state index in [1.54, 1.807) is 0 Å². The van der Waals surface area contributed by atoms with Crippen LogP contribution in [0.1, 0.15) is 15.9 Å². The molecule has 0 saturated carbocycles. The monoisotopic (exact) mass is 246 g/mol. The van der Waals surface area contributed by atoms with Gasteiger partial charge in [0, 0.05) is 6.07 Å². The minimum absolute atomic E-state index is 0.0926. The van der Waals surface area contributed by atoms with E-state index in [1.807, 2.05) is 6.07 Å². The molecule has 0 bridgehead atoms. The summed E-state index contributed by atoms with van der Waals surface area (Å²) in [5.41, 5.74) is -0.103. The van der Waals surface area contributed by atoms with E-state index in [4.69, 9.17) is 10.4 Å². The first kappa shape index (κ1) is 11.6. The highest BCUT2D eigenvalue weighted by Crippen LogP contribution is 2.17. The second-order valence-corrected chi connectivity index (χ2v) is 3.39. The molecule has 2 rings (SSSR count). The molecule has 0 unspecified atom stereocenters. The standard InChI is InChI=1S/C11H7FN4O2/c12-9-3-7(17)1-2-8(9)11(18)15-10-6(4-13)5-14-16-10/h1-3,5,17H,(H2,14,15,16,18). The van der Waals surface area contributed by atoms with Crippen molar-refractivity contribution in [2.75, 3.05) is 5.32 Å². The van der Waals surface area contributed by atoms with Gasteiger partial charge in [0.25, 0.3) is 5.91 Å². The van der Waals surface area contributed by atoms with Gasteiger partial charge in [-0.3, -0.25) is 9.89 Å². The number of aromatic hydroxyl groups is 1. The van der Waals surface area contributed by atoms with Crippen LogP contribution in [0.3, 0.4) is 0 Å². The highest BCUT2D eigenvalue weighted by Gasteiger charge is 2.14. The van der Waals surface area contributed by atoms with Gasteiger partial charge in [-0.1, -0.05) is 0 Å². The van der Waals surface area contributed by atoms with Crippen molar-refractivity contribution in [1.29, 1.82) is 5.26 Å². The number of rotatable bonds is 2. The van der Waals surface area contributed by atoms with Crippen LogP contribution >= 0.6 is 0 Å². The number of carbonyl (C=O) groups is 1. The molecule has 0 aliphatic carbocycles. The average Bonchev–Trinajstić information content (AvgIpc) is 2.76. The van der Waals surface area contributed by atoms with E-state index in [0.717, 1.165) is 12.1 Å². The smallest absolute Gasteiger partial charge is 0.259 e. The summed E-state index contributed by atoms with van der Waals surface area (Å²) in [6.07, 6.45) is 1.24. The van der Waals surface area contributed by atoms with Crippen molar-refractivity contribution in [3.63, 3.8) is 0 Å². The number of hydrogen-bond acceptors (Lipinski definition) is 4. The molecule has 1 aromatic heterocycles. The molecule has 0 atom stereocenters. The van der Waals surface area contributed by atoms with Gasteiger partial charge >= 0.3 is 0 Å². The highest BCUT2D eigenvalue weighted by atomic mass is 19.1. The van der Waals surface area contributed by atoms with Gasteiger partial charge < -0.3 is 10.4 Å². The Bertz CT molecular complexity index is 645. The van der Waals surface area contributed by atoms with Crippen LogP contribution in [0.4, 0.5) is 10.2 Å². The first-order valence-electron chi connectivity index (χ1n) is 4.85. The lowest BCUT2D eigenvalue weighted by Crippen LogP contribution is -2.14. The van der Waals surface area contributed by atoms with Crippen LogP contribution in [0, 0.1) is 17.1 Å². The van der Waals surface area contributed by atoms with Crippen LogP contribution in [0.2, 0.25) is 0 Å². The van der Waals surface area contributed by atoms with Crippen molar-refractivity contribution >= 4 is 11.7 Å². The van der Waals surface area contributed by atoms with Gasteiger partial charge in [-0.25, -0.2) is 4.39 Å². The fourth-order valence-corrected chi connectivity index (χ4v) is 1.34. The highest BCUT2D eigenvalue weighted by molar-refractivity contribution is 6.04. The number of phenols is 1. The van der Waals surface area contributed by atoms with Crippen LogP contribution in [0.5, 0.6) is 5.75 Å². The Morgan fingerprint density at radius 2 is 2.33 bits per heavy atom. The molecule has 0 fully saturated rings. The lowest BCUT2D eigenvalue weighted by molar-refractivity contribution is 0.102. The molecule has 0 aliphatic heterocycles. The van der Waals surface area contributed by atoms with Crippen LogP contribution in [-0.2, 0) is 0 Å². The van der Waals surface area contributed by atoms with Crippen LogP contribution in [-0.4, -0.2) is 21.2 Å². The largest absolute Gasteiger partial charge is 0.508 e. The topological polar surface area (TPSA) is 102 Å². The Balaban J connectivity index is 2.25. The van der Waals surface area contributed by atoms with E-state index in [9.17, 15) is 9.18 Å². The maximum absolute atomic E-state index is 13.4. The number of nitriles is 1. The summed E-state index contributed by atoms with van der Waals surface area (Å²) in [5, 5.41) is 26.0. The number of nitrogens with one attached hydrogen (secondary N) is 2. The van der Waals surface area contributed by atoms with Crippen molar-refractivity contribution in [3.05, 3.63) is 41.3 Å². The van der Waals surface area contributed by atoms with Gasteiger partial charge in [0.15, 0.2) is 0 Å². The molecule has 1 aromatic carbocycles. The molecule has 1 heterocycles. The van der Waals surface area contributed by atoms with Crippen LogP contribution in [0.15, 0.2) is 24.4 Å². The Morgan fingerprint density at radius 3 is 3.00 bits per heavy atom. The first-order chi connectivity index (χ1) is 8.61. The molecule has 2 aromatic rings. The van der Waals surface area contributed by atoms with Gasteiger partial charge in [0.2, 0.25) is 0 Å². The number of halogens is 1. The van der Waals surface area contributed by atoms with Gasteiger partial charge in [-0.2, -0.15) is 10.4 Å². The average molecular weight is 246 g/mol. The van der Waals surface area contributed by atoms with Gasteiger partial charge in [-0.05, 0) is 12.1 Å². The zero-order valence-corrected chi connectivity index (χ0v) is 8.94. The van der Waals surface area contributed by atoms with Crippen molar-refractivity contribution in [2.24, 2.45) is 0 Å². The van der Waals surface area contributed by atoms with Gasteiger partial charge in [0.05, 0.1) is 11.8 Å². The molecule has 0 saturated heterocycles. The third kappa shape index (κ3) is 2.12. The normalized spacial score (nSPS) is 9.78. The van der Waals surface area contributed by atoms with Crippen molar-refractivity contribution in [2.45, 2.75) is 0 Å². The fraction of sp³-hybridized carbons (Fsp3) is 0. The van der Waals surface area contributed by atoms with E-state index in [2.05, 4.69) is 15.5 Å². The summed E-state index contributed by atoms with van der Waals surface area (Å²) in [7, 11) is 0. The lowest BCUT2D eigenvalue weighted by atomic mass is 10.2. The minimum atomic E-state index is -0.856. The number of phenolic OH excluding ortho intramolecular Hbond substituents is 1. The van der Waals surface area contributed by atoms with E-state index in [-0.39, 0.29) is 22.7 Å². The molecule has 0 spiro atoms. The number of hydrogen-bond donors (Lipinski definition) is 3. The van der Waals surface area contributed by atoms with Crippen LogP contribution in [0.25, 0.3) is 0 Å². The third-order valence-corrected chi connectivity index (χ3v) is 2.20. The number of amides is 1. The summed E-state index contributed by atoms with van der Waals surface area (Å²) >= 11 is 0. The first-order valence-corrected chi connectivity index (χ1v) is 4.85. The summed E-state index contributed by atoms with van der Waals surface area (Å²) in [4.78, 5) is 11.7. The van der Waals surface area contributed by atoms with E-state index < -0.39 is 11.7 Å². The number of aromatic amines is 1. The van der Waals surface area contributed by atoms with Crippen LogP contribution < -0.4 is 5.32 Å². The zero-order valence-electron chi connectivity index (χ0n) is 8.94. The molecular formula is C11H7FN4O2. The number of nitrogens with zero attached hydrogens (tertiary/aromatic N) is 2. The number of aromatic nitrogens is 2. The quantitative estimate of drug-likeness (QED) is 0.744. The molecule has 0 aliphatic rings. The van der Waals surface area contributed by atoms with E-state index in [0.29, 0.717) is 0 Å². The Hall–Kier alpha value is -2.88. The van der Waals surface area contributed by atoms with E-state index >= 15 is 0 Å². The maximum atomic E-state index is 13.4. The molecule has 7 heteroatoms. The van der Waals surface area contributed by atoms with Gasteiger partial charge in [-0.15, -0.1) is 0 Å². The molecular weight excluding hydrogens is 239 g/mol. The molecule has 1 amide bonds. The van der Waals surface area contributed by atoms with Gasteiger partial charge in [0.1, 0.15) is 29.0 Å². The predicted molar refractivity (Wildman–Crippen MR) is 59.3 cm³/mol. The number of H-pyrrole nitrogens is 1. The minimum Gasteiger partial charge on any atom is -0.508 e. The Morgan fingerprint density at radius 1 is 1.56 bits per heavy atom. The number of anilines is 1. The zero-order chi connectivity index (χ0) is 13.1. The molecule has 6 nitrogen and oxygen atoms in total. The third-order valence-electron chi connectivity index (χ3n) is 2.20. The van der Waals surface area contributed by atoms with E-state index in [1.165, 1.54) is 12.3 Å². The Kier molecular flexibility index (Phi) is 2.93. The fourth-order valence-electron chi connectivity index (χ4n) is 1.34. The lowest BCUT2D eigenvalue weighted by Gasteiger charge is -2.04. The van der Waals surface area contributed by atoms with Crippen molar-refractivity contribution in [3.8, 4) is 11.8 Å². The molecule has 3 N–H and O–H groups in total. The van der Waals surface area contributed by atoms with Crippen molar-refractivity contribution < 1.29 is 14.3 Å². The second kappa shape index (κ2) is 4.55. The summed E-state index contributed by atoms with van der Waals surface area (Å²) in [6, 6.07) is 4.97. The summed E-state index contributed by atoms with van der Waals surface area (Å²) in [5.74, 6) is -1.78. The maximum Gasteiger partial charge on any atom is 0.259 e. The van der Waals surface area contributed by atoms with Crippen molar-refractivity contribution in [1.82, 2.24) is 10.2 Å². The predicted octanol–water partition coefficient (Wildman–Crippen LogP) is 1.38. The summed E-state index contributed by atoms with van der Waals surface area (Å²) < 4.78 is 13.4. The Labute approximate surface area is 101 Å². The second-order valence-electron chi connectivity index (χ2n) is 3.39. The number of benzene rings is 1. The molecule has 0 radical (unpaired) electrons. The molecule has 18 heavy (non-hydrogen) atoms.